The fourth-order valence-corrected chi connectivity index (χ4v) is 1.64. The minimum Gasteiger partial charge on any atom is -0.354 e. The highest BCUT2D eigenvalue weighted by atomic mass is 16.1. The fraction of sp³-hybridized carbons (Fsp3) is 0.917. The topological polar surface area (TPSA) is 41.1 Å². The van der Waals surface area contributed by atoms with Crippen LogP contribution in [0.2, 0.25) is 0 Å². The molecular formula is C12H24N2O. The van der Waals surface area contributed by atoms with Gasteiger partial charge in [0.15, 0.2) is 0 Å². The Kier molecular flexibility index (Phi) is 5.69. The summed E-state index contributed by atoms with van der Waals surface area (Å²) in [6.07, 6.45) is 6.11. The summed E-state index contributed by atoms with van der Waals surface area (Å²) >= 11 is 0. The van der Waals surface area contributed by atoms with E-state index in [-0.39, 0.29) is 11.9 Å². The van der Waals surface area contributed by atoms with Crippen molar-refractivity contribution in [3.05, 3.63) is 0 Å². The second-order valence-electron chi connectivity index (χ2n) is 4.81. The van der Waals surface area contributed by atoms with Crippen molar-refractivity contribution in [2.45, 2.75) is 52.0 Å². The molecule has 3 nitrogen and oxygen atoms in total. The minimum atomic E-state index is 0.152. The van der Waals surface area contributed by atoms with Gasteiger partial charge >= 0.3 is 0 Å². The van der Waals surface area contributed by atoms with Crippen molar-refractivity contribution >= 4 is 5.91 Å². The molecule has 88 valence electrons. The largest absolute Gasteiger partial charge is 0.354 e. The predicted octanol–water partition coefficient (Wildman–Crippen LogP) is 1.68. The molecular weight excluding hydrogens is 188 g/mol. The van der Waals surface area contributed by atoms with E-state index in [4.69, 9.17) is 0 Å². The summed E-state index contributed by atoms with van der Waals surface area (Å²) in [6.45, 7) is 5.84. The molecule has 1 fully saturated rings. The zero-order valence-corrected chi connectivity index (χ0v) is 10.0. The van der Waals surface area contributed by atoms with Gasteiger partial charge in [-0.05, 0) is 39.2 Å². The minimum absolute atomic E-state index is 0.152. The Labute approximate surface area is 93.0 Å². The lowest BCUT2D eigenvalue weighted by Crippen LogP contribution is -2.32. The maximum atomic E-state index is 11.3. The van der Waals surface area contributed by atoms with Crippen LogP contribution in [0.15, 0.2) is 0 Å². The normalized spacial score (nSPS) is 15.7. The average Bonchev–Trinajstić information content (AvgIpc) is 2.93. The Morgan fingerprint density at radius 1 is 1.33 bits per heavy atom. The SMILES string of the molecule is CC(C)NC(=O)CCNCCCC1CC1. The number of amides is 1. The molecule has 0 radical (unpaired) electrons. The van der Waals surface area contributed by atoms with Crippen LogP contribution in [0.5, 0.6) is 0 Å². The van der Waals surface area contributed by atoms with Crippen LogP contribution in [-0.4, -0.2) is 25.0 Å². The summed E-state index contributed by atoms with van der Waals surface area (Å²) in [5.74, 6) is 1.18. The number of carbonyl (C=O) groups excluding carboxylic acids is 1. The molecule has 1 rings (SSSR count). The monoisotopic (exact) mass is 212 g/mol. The summed E-state index contributed by atoms with van der Waals surface area (Å²) < 4.78 is 0. The molecule has 0 spiro atoms. The maximum absolute atomic E-state index is 11.3. The summed E-state index contributed by atoms with van der Waals surface area (Å²) in [6, 6.07) is 0.257. The van der Waals surface area contributed by atoms with Crippen molar-refractivity contribution in [2.24, 2.45) is 5.92 Å². The van der Waals surface area contributed by atoms with Crippen LogP contribution in [0.3, 0.4) is 0 Å². The zero-order chi connectivity index (χ0) is 11.1. The Morgan fingerprint density at radius 3 is 2.67 bits per heavy atom. The summed E-state index contributed by atoms with van der Waals surface area (Å²) in [5, 5.41) is 6.19. The number of hydrogen-bond donors (Lipinski definition) is 2. The molecule has 0 aromatic heterocycles. The molecule has 1 aliphatic carbocycles. The van der Waals surface area contributed by atoms with Gasteiger partial charge in [-0.25, -0.2) is 0 Å². The van der Waals surface area contributed by atoms with Gasteiger partial charge in [-0.2, -0.15) is 0 Å². The zero-order valence-electron chi connectivity index (χ0n) is 10.0. The molecule has 0 heterocycles. The Bertz CT molecular complexity index is 188. The van der Waals surface area contributed by atoms with Gasteiger partial charge in [0.2, 0.25) is 5.91 Å². The van der Waals surface area contributed by atoms with E-state index in [0.29, 0.717) is 6.42 Å². The summed E-state index contributed by atoms with van der Waals surface area (Å²) in [5.41, 5.74) is 0. The van der Waals surface area contributed by atoms with E-state index in [2.05, 4.69) is 10.6 Å². The van der Waals surface area contributed by atoms with Crippen LogP contribution in [0.4, 0.5) is 0 Å². The molecule has 1 aliphatic rings. The van der Waals surface area contributed by atoms with Gasteiger partial charge < -0.3 is 10.6 Å². The standard InChI is InChI=1S/C12H24N2O/c1-10(2)14-12(15)7-9-13-8-3-4-11-5-6-11/h10-11,13H,3-9H2,1-2H3,(H,14,15). The van der Waals surface area contributed by atoms with Gasteiger partial charge in [0.25, 0.3) is 0 Å². The van der Waals surface area contributed by atoms with E-state index in [1.165, 1.54) is 25.7 Å². The van der Waals surface area contributed by atoms with E-state index in [9.17, 15) is 4.79 Å². The van der Waals surface area contributed by atoms with Crippen molar-refractivity contribution in [3.63, 3.8) is 0 Å². The Balaban J connectivity index is 1.80. The fourth-order valence-electron chi connectivity index (χ4n) is 1.64. The Morgan fingerprint density at radius 2 is 2.07 bits per heavy atom. The lowest BCUT2D eigenvalue weighted by molar-refractivity contribution is -0.121. The Hall–Kier alpha value is -0.570. The predicted molar refractivity (Wildman–Crippen MR) is 62.7 cm³/mol. The first kappa shape index (κ1) is 12.5. The summed E-state index contributed by atoms with van der Waals surface area (Å²) in [4.78, 5) is 11.3. The molecule has 0 aromatic rings. The van der Waals surface area contributed by atoms with Gasteiger partial charge in [-0.15, -0.1) is 0 Å². The average molecular weight is 212 g/mol. The third-order valence-corrected chi connectivity index (χ3v) is 2.64. The second-order valence-corrected chi connectivity index (χ2v) is 4.81. The van der Waals surface area contributed by atoms with Crippen LogP contribution in [-0.2, 0) is 4.79 Å². The van der Waals surface area contributed by atoms with E-state index >= 15 is 0 Å². The van der Waals surface area contributed by atoms with Gasteiger partial charge in [0, 0.05) is 19.0 Å². The first-order valence-corrected chi connectivity index (χ1v) is 6.18. The van der Waals surface area contributed by atoms with E-state index in [0.717, 1.165) is 19.0 Å². The highest BCUT2D eigenvalue weighted by Crippen LogP contribution is 2.33. The molecule has 3 heteroatoms. The quantitative estimate of drug-likeness (QED) is 0.601. The first-order chi connectivity index (χ1) is 7.18. The van der Waals surface area contributed by atoms with Crippen LogP contribution in [0.1, 0.15) is 46.0 Å². The van der Waals surface area contributed by atoms with Crippen molar-refractivity contribution in [2.75, 3.05) is 13.1 Å². The van der Waals surface area contributed by atoms with Crippen LogP contribution < -0.4 is 10.6 Å². The van der Waals surface area contributed by atoms with Crippen LogP contribution in [0.25, 0.3) is 0 Å². The first-order valence-electron chi connectivity index (χ1n) is 6.18. The van der Waals surface area contributed by atoms with Crippen molar-refractivity contribution < 1.29 is 4.79 Å². The molecule has 0 saturated heterocycles. The van der Waals surface area contributed by atoms with Crippen molar-refractivity contribution in [1.29, 1.82) is 0 Å². The number of carbonyl (C=O) groups is 1. The molecule has 0 atom stereocenters. The van der Waals surface area contributed by atoms with Gasteiger partial charge in [-0.1, -0.05) is 12.8 Å². The van der Waals surface area contributed by atoms with Crippen molar-refractivity contribution in [1.82, 2.24) is 10.6 Å². The third-order valence-electron chi connectivity index (χ3n) is 2.64. The lowest BCUT2D eigenvalue weighted by Gasteiger charge is -2.08. The van der Waals surface area contributed by atoms with Gasteiger partial charge in [0.05, 0.1) is 0 Å². The van der Waals surface area contributed by atoms with Crippen LogP contribution >= 0.6 is 0 Å². The molecule has 0 aliphatic heterocycles. The molecule has 1 saturated carbocycles. The third kappa shape index (κ3) is 7.37. The smallest absolute Gasteiger partial charge is 0.221 e. The highest BCUT2D eigenvalue weighted by Gasteiger charge is 2.19. The second kappa shape index (κ2) is 6.83. The molecule has 0 aromatic carbocycles. The number of rotatable bonds is 8. The molecule has 15 heavy (non-hydrogen) atoms. The van der Waals surface area contributed by atoms with E-state index < -0.39 is 0 Å². The van der Waals surface area contributed by atoms with Crippen molar-refractivity contribution in [3.8, 4) is 0 Å². The summed E-state index contributed by atoms with van der Waals surface area (Å²) in [7, 11) is 0. The van der Waals surface area contributed by atoms with E-state index in [1.807, 2.05) is 13.8 Å². The number of hydrogen-bond acceptors (Lipinski definition) is 2. The van der Waals surface area contributed by atoms with Gasteiger partial charge in [0.1, 0.15) is 0 Å². The lowest BCUT2D eigenvalue weighted by atomic mass is 10.2. The molecule has 2 N–H and O–H groups in total. The molecule has 0 bridgehead atoms. The van der Waals surface area contributed by atoms with E-state index in [1.54, 1.807) is 0 Å². The molecule has 1 amide bonds. The van der Waals surface area contributed by atoms with Crippen LogP contribution in [0, 0.1) is 5.92 Å². The number of nitrogens with one attached hydrogen (secondary N) is 2. The van der Waals surface area contributed by atoms with Gasteiger partial charge in [-0.3, -0.25) is 4.79 Å². The highest BCUT2D eigenvalue weighted by molar-refractivity contribution is 5.76. The maximum Gasteiger partial charge on any atom is 0.221 e. The molecule has 0 unspecified atom stereocenters.